The Kier molecular flexibility index (Phi) is 7.38. The predicted molar refractivity (Wildman–Crippen MR) is 119 cm³/mol. The van der Waals surface area contributed by atoms with E-state index >= 15 is 0 Å². The highest BCUT2D eigenvalue weighted by Crippen LogP contribution is 2.19. The van der Waals surface area contributed by atoms with Gasteiger partial charge in [-0.1, -0.05) is 17.7 Å². The smallest absolute Gasteiger partial charge is 0.191 e. The zero-order valence-electron chi connectivity index (χ0n) is 18.1. The third-order valence-corrected chi connectivity index (χ3v) is 5.03. The van der Waals surface area contributed by atoms with Crippen molar-refractivity contribution in [2.45, 2.75) is 45.8 Å². The lowest BCUT2D eigenvalue weighted by Gasteiger charge is -2.34. The van der Waals surface area contributed by atoms with Crippen LogP contribution in [0.25, 0.3) is 0 Å². The lowest BCUT2D eigenvalue weighted by molar-refractivity contribution is 0.230. The van der Waals surface area contributed by atoms with Gasteiger partial charge in [-0.05, 0) is 45.7 Å². The SMILES string of the molecule is CCNC(=NCC(C)Oc1ccc(C)cc1)NC1CCCN(c2cnn(C)c2)C1. The molecule has 1 saturated heterocycles. The van der Waals surface area contributed by atoms with E-state index in [1.54, 1.807) is 0 Å². The minimum absolute atomic E-state index is 0.00593. The molecule has 1 fully saturated rings. The van der Waals surface area contributed by atoms with Gasteiger partial charge < -0.3 is 20.3 Å². The molecule has 3 rings (SSSR count). The molecule has 0 aliphatic carbocycles. The minimum atomic E-state index is 0.00593. The molecule has 158 valence electrons. The van der Waals surface area contributed by atoms with Gasteiger partial charge in [0.05, 0.1) is 18.4 Å². The summed E-state index contributed by atoms with van der Waals surface area (Å²) in [5.41, 5.74) is 2.41. The van der Waals surface area contributed by atoms with E-state index in [0.717, 1.165) is 44.2 Å². The zero-order valence-corrected chi connectivity index (χ0v) is 18.1. The number of guanidine groups is 1. The maximum Gasteiger partial charge on any atom is 0.191 e. The number of hydrogen-bond donors (Lipinski definition) is 2. The van der Waals surface area contributed by atoms with E-state index in [0.29, 0.717) is 12.6 Å². The van der Waals surface area contributed by atoms with Crippen LogP contribution < -0.4 is 20.3 Å². The summed E-state index contributed by atoms with van der Waals surface area (Å²) in [5, 5.41) is 11.3. The number of rotatable bonds is 7. The molecule has 0 amide bonds. The molecule has 0 bridgehead atoms. The molecule has 1 aliphatic heterocycles. The predicted octanol–water partition coefficient (Wildman–Crippen LogP) is 2.72. The number of aryl methyl sites for hydroxylation is 2. The molecule has 2 heterocycles. The maximum absolute atomic E-state index is 5.98. The summed E-state index contributed by atoms with van der Waals surface area (Å²) in [4.78, 5) is 7.15. The standard InChI is InChI=1S/C22H34N6O/c1-5-23-22(24-13-18(3)29-21-10-8-17(2)9-11-21)26-19-7-6-12-28(15-19)20-14-25-27(4)16-20/h8-11,14,16,18-19H,5-7,12-13,15H2,1-4H3,(H2,23,24,26). The van der Waals surface area contributed by atoms with Crippen LogP contribution >= 0.6 is 0 Å². The van der Waals surface area contributed by atoms with Gasteiger partial charge in [-0.25, -0.2) is 4.99 Å². The topological polar surface area (TPSA) is 66.7 Å². The third kappa shape index (κ3) is 6.41. The fraction of sp³-hybridized carbons (Fsp3) is 0.545. The van der Waals surface area contributed by atoms with Crippen LogP contribution in [-0.2, 0) is 7.05 Å². The Hall–Kier alpha value is -2.70. The Morgan fingerprint density at radius 3 is 2.83 bits per heavy atom. The number of aliphatic imine (C=N–C) groups is 1. The van der Waals surface area contributed by atoms with E-state index in [1.807, 2.05) is 30.1 Å². The van der Waals surface area contributed by atoms with Crippen molar-refractivity contribution in [2.24, 2.45) is 12.0 Å². The summed E-state index contributed by atoms with van der Waals surface area (Å²) in [5.74, 6) is 1.74. The van der Waals surface area contributed by atoms with Gasteiger partial charge in [-0.2, -0.15) is 5.10 Å². The normalized spacial score (nSPS) is 18.4. The lowest BCUT2D eigenvalue weighted by Crippen LogP contribution is -2.51. The Morgan fingerprint density at radius 2 is 2.14 bits per heavy atom. The molecule has 1 aromatic carbocycles. The van der Waals surface area contributed by atoms with Gasteiger partial charge in [-0.15, -0.1) is 0 Å². The molecule has 1 aliphatic rings. The highest BCUT2D eigenvalue weighted by atomic mass is 16.5. The quantitative estimate of drug-likeness (QED) is 0.555. The van der Waals surface area contributed by atoms with Gasteiger partial charge in [0.15, 0.2) is 5.96 Å². The summed E-state index contributed by atoms with van der Waals surface area (Å²) < 4.78 is 7.84. The van der Waals surface area contributed by atoms with Crippen molar-refractivity contribution >= 4 is 11.6 Å². The van der Waals surface area contributed by atoms with Crippen molar-refractivity contribution in [2.75, 3.05) is 31.1 Å². The van der Waals surface area contributed by atoms with Gasteiger partial charge in [0.2, 0.25) is 0 Å². The Balaban J connectivity index is 1.54. The fourth-order valence-electron chi connectivity index (χ4n) is 3.52. The second-order valence-electron chi connectivity index (χ2n) is 7.76. The average molecular weight is 399 g/mol. The Morgan fingerprint density at radius 1 is 1.34 bits per heavy atom. The van der Waals surface area contributed by atoms with Crippen molar-refractivity contribution in [3.05, 3.63) is 42.2 Å². The molecular formula is C22H34N6O. The molecule has 0 spiro atoms. The third-order valence-electron chi connectivity index (χ3n) is 5.03. The first-order valence-corrected chi connectivity index (χ1v) is 10.5. The molecule has 0 saturated carbocycles. The van der Waals surface area contributed by atoms with Gasteiger partial charge in [0.25, 0.3) is 0 Å². The van der Waals surface area contributed by atoms with E-state index in [9.17, 15) is 0 Å². The van der Waals surface area contributed by atoms with Crippen LogP contribution in [0.5, 0.6) is 5.75 Å². The second-order valence-corrected chi connectivity index (χ2v) is 7.76. The summed E-state index contributed by atoms with van der Waals surface area (Å²) in [6.07, 6.45) is 6.30. The number of anilines is 1. The Bertz CT molecular complexity index is 785. The minimum Gasteiger partial charge on any atom is -0.489 e. The van der Waals surface area contributed by atoms with Crippen molar-refractivity contribution in [1.82, 2.24) is 20.4 Å². The van der Waals surface area contributed by atoms with E-state index in [-0.39, 0.29) is 6.10 Å². The van der Waals surface area contributed by atoms with Gasteiger partial charge >= 0.3 is 0 Å². The van der Waals surface area contributed by atoms with Gasteiger partial charge in [-0.3, -0.25) is 4.68 Å². The lowest BCUT2D eigenvalue weighted by atomic mass is 10.1. The van der Waals surface area contributed by atoms with Crippen LogP contribution in [-0.4, -0.2) is 54.1 Å². The molecule has 29 heavy (non-hydrogen) atoms. The summed E-state index contributed by atoms with van der Waals surface area (Å²) in [6.45, 7) is 9.67. The van der Waals surface area contributed by atoms with E-state index in [2.05, 4.69) is 59.7 Å². The van der Waals surface area contributed by atoms with Gasteiger partial charge in [0, 0.05) is 38.9 Å². The van der Waals surface area contributed by atoms with E-state index < -0.39 is 0 Å². The molecule has 2 unspecified atom stereocenters. The number of ether oxygens (including phenoxy) is 1. The van der Waals surface area contributed by atoms with Crippen LogP contribution in [0.1, 0.15) is 32.3 Å². The number of nitrogens with zero attached hydrogens (tertiary/aromatic N) is 4. The molecule has 0 radical (unpaired) electrons. The van der Waals surface area contributed by atoms with Crippen LogP contribution in [0.2, 0.25) is 0 Å². The fourth-order valence-corrected chi connectivity index (χ4v) is 3.52. The van der Waals surface area contributed by atoms with E-state index in [4.69, 9.17) is 9.73 Å². The highest BCUT2D eigenvalue weighted by molar-refractivity contribution is 5.80. The summed E-state index contributed by atoms with van der Waals surface area (Å²) >= 11 is 0. The number of nitrogens with one attached hydrogen (secondary N) is 2. The zero-order chi connectivity index (χ0) is 20.6. The molecular weight excluding hydrogens is 364 g/mol. The largest absolute Gasteiger partial charge is 0.489 e. The van der Waals surface area contributed by atoms with Crippen molar-refractivity contribution < 1.29 is 4.74 Å². The van der Waals surface area contributed by atoms with Crippen LogP contribution in [0.4, 0.5) is 5.69 Å². The molecule has 2 N–H and O–H groups in total. The number of piperidine rings is 1. The first-order chi connectivity index (χ1) is 14.0. The summed E-state index contributed by atoms with van der Waals surface area (Å²) in [7, 11) is 1.96. The second kappa shape index (κ2) is 10.2. The number of hydrogen-bond acceptors (Lipinski definition) is 4. The van der Waals surface area contributed by atoms with Crippen molar-refractivity contribution in [3.63, 3.8) is 0 Å². The van der Waals surface area contributed by atoms with Crippen molar-refractivity contribution in [3.8, 4) is 5.75 Å². The molecule has 2 aromatic rings. The Labute approximate surface area is 174 Å². The average Bonchev–Trinajstić information content (AvgIpc) is 3.15. The maximum atomic E-state index is 5.98. The number of aromatic nitrogens is 2. The molecule has 1 aromatic heterocycles. The van der Waals surface area contributed by atoms with Gasteiger partial charge in [0.1, 0.15) is 11.9 Å². The summed E-state index contributed by atoms with van der Waals surface area (Å²) in [6, 6.07) is 8.50. The molecule has 7 heteroatoms. The van der Waals surface area contributed by atoms with Crippen LogP contribution in [0.3, 0.4) is 0 Å². The van der Waals surface area contributed by atoms with Crippen LogP contribution in [0, 0.1) is 6.92 Å². The monoisotopic (exact) mass is 398 g/mol. The molecule has 2 atom stereocenters. The van der Waals surface area contributed by atoms with Crippen molar-refractivity contribution in [1.29, 1.82) is 0 Å². The first kappa shape index (κ1) is 21.0. The first-order valence-electron chi connectivity index (χ1n) is 10.5. The highest BCUT2D eigenvalue weighted by Gasteiger charge is 2.21. The molecule has 7 nitrogen and oxygen atoms in total. The number of benzene rings is 1. The van der Waals surface area contributed by atoms with E-state index in [1.165, 1.54) is 11.3 Å². The van der Waals surface area contributed by atoms with Crippen LogP contribution in [0.15, 0.2) is 41.7 Å².